The molecule has 2 unspecified atom stereocenters. The standard InChI is InChI=1S/C6H8N2/c7-2-6-5-1-4(5)3-8-6/h2,4-5,7H,1,3H2. The van der Waals surface area contributed by atoms with Crippen molar-refractivity contribution in [2.45, 2.75) is 6.42 Å². The molecule has 0 amide bonds. The summed E-state index contributed by atoms with van der Waals surface area (Å²) >= 11 is 0. The zero-order chi connectivity index (χ0) is 5.56. The highest BCUT2D eigenvalue weighted by Gasteiger charge is 2.43. The monoisotopic (exact) mass is 108 g/mol. The topological polar surface area (TPSA) is 36.2 Å². The number of fused-ring (bicyclic) bond motifs is 1. The Labute approximate surface area is 48.1 Å². The maximum atomic E-state index is 6.90. The van der Waals surface area contributed by atoms with Gasteiger partial charge in [0.05, 0.1) is 5.71 Å². The highest BCUT2D eigenvalue weighted by molar-refractivity contribution is 6.32. The van der Waals surface area contributed by atoms with E-state index in [0.29, 0.717) is 5.92 Å². The molecule has 0 aromatic rings. The maximum Gasteiger partial charge on any atom is 0.0558 e. The minimum absolute atomic E-state index is 0.701. The maximum absolute atomic E-state index is 6.90. The van der Waals surface area contributed by atoms with Crippen molar-refractivity contribution >= 4 is 11.9 Å². The van der Waals surface area contributed by atoms with Crippen LogP contribution in [0.4, 0.5) is 0 Å². The van der Waals surface area contributed by atoms with E-state index in [9.17, 15) is 0 Å². The fraction of sp³-hybridized carbons (Fsp3) is 0.667. The lowest BCUT2D eigenvalue weighted by Crippen LogP contribution is -1.97. The van der Waals surface area contributed by atoms with Crippen molar-refractivity contribution in [3.05, 3.63) is 0 Å². The van der Waals surface area contributed by atoms with Crippen molar-refractivity contribution in [3.8, 4) is 0 Å². The van der Waals surface area contributed by atoms with Crippen LogP contribution < -0.4 is 0 Å². The molecule has 2 heteroatoms. The Morgan fingerprint density at radius 1 is 1.75 bits per heavy atom. The third-order valence-corrected chi connectivity index (χ3v) is 1.96. The molecular formula is C6H8N2. The Morgan fingerprint density at radius 2 is 2.62 bits per heavy atom. The minimum atomic E-state index is 0.701. The molecule has 0 bridgehead atoms. The van der Waals surface area contributed by atoms with Crippen LogP contribution in [0.15, 0.2) is 4.99 Å². The van der Waals surface area contributed by atoms with Gasteiger partial charge in [-0.3, -0.25) is 4.99 Å². The Balaban J connectivity index is 2.22. The lowest BCUT2D eigenvalue weighted by molar-refractivity contribution is 0.864. The SMILES string of the molecule is N=CC1=NCC2CC12. The first-order chi connectivity index (χ1) is 3.92. The molecule has 1 aliphatic heterocycles. The average molecular weight is 108 g/mol. The predicted molar refractivity (Wildman–Crippen MR) is 32.7 cm³/mol. The van der Waals surface area contributed by atoms with E-state index in [1.165, 1.54) is 12.6 Å². The van der Waals surface area contributed by atoms with E-state index >= 15 is 0 Å². The van der Waals surface area contributed by atoms with Gasteiger partial charge in [-0.25, -0.2) is 0 Å². The second kappa shape index (κ2) is 1.19. The summed E-state index contributed by atoms with van der Waals surface area (Å²) in [6, 6.07) is 0. The van der Waals surface area contributed by atoms with Crippen LogP contribution >= 0.6 is 0 Å². The highest BCUT2D eigenvalue weighted by atomic mass is 14.9. The van der Waals surface area contributed by atoms with E-state index in [0.717, 1.165) is 18.2 Å². The first-order valence-corrected chi connectivity index (χ1v) is 2.96. The molecule has 0 aromatic heterocycles. The second-order valence-corrected chi connectivity index (χ2v) is 2.51. The molecule has 0 aromatic carbocycles. The number of aliphatic imine (C=N–C) groups is 1. The fourth-order valence-corrected chi connectivity index (χ4v) is 1.30. The van der Waals surface area contributed by atoms with Crippen molar-refractivity contribution in [1.29, 1.82) is 5.41 Å². The van der Waals surface area contributed by atoms with Crippen molar-refractivity contribution in [2.24, 2.45) is 16.8 Å². The number of hydrogen-bond donors (Lipinski definition) is 1. The minimum Gasteiger partial charge on any atom is -0.307 e. The first kappa shape index (κ1) is 4.24. The van der Waals surface area contributed by atoms with Gasteiger partial charge in [-0.2, -0.15) is 0 Å². The van der Waals surface area contributed by atoms with Crippen LogP contribution in [0.2, 0.25) is 0 Å². The van der Waals surface area contributed by atoms with Crippen LogP contribution in [-0.2, 0) is 0 Å². The third-order valence-electron chi connectivity index (χ3n) is 1.96. The van der Waals surface area contributed by atoms with E-state index in [2.05, 4.69) is 4.99 Å². The van der Waals surface area contributed by atoms with Gasteiger partial charge in [-0.05, 0) is 12.3 Å². The molecule has 2 rings (SSSR count). The Bertz CT molecular complexity index is 160. The Morgan fingerprint density at radius 3 is 2.88 bits per heavy atom. The predicted octanol–water partition coefficient (Wildman–Crippen LogP) is 0.727. The van der Waals surface area contributed by atoms with Gasteiger partial charge < -0.3 is 5.41 Å². The Kier molecular flexibility index (Phi) is 0.629. The highest BCUT2D eigenvalue weighted by Crippen LogP contribution is 2.43. The van der Waals surface area contributed by atoms with Crippen LogP contribution in [0.3, 0.4) is 0 Å². The number of nitrogens with zero attached hydrogens (tertiary/aromatic N) is 1. The van der Waals surface area contributed by atoms with Crippen molar-refractivity contribution < 1.29 is 0 Å². The van der Waals surface area contributed by atoms with E-state index in [1.807, 2.05) is 0 Å². The van der Waals surface area contributed by atoms with Gasteiger partial charge in [0.1, 0.15) is 0 Å². The number of nitrogens with one attached hydrogen (secondary N) is 1. The fourth-order valence-electron chi connectivity index (χ4n) is 1.30. The summed E-state index contributed by atoms with van der Waals surface area (Å²) < 4.78 is 0. The van der Waals surface area contributed by atoms with E-state index < -0.39 is 0 Å². The van der Waals surface area contributed by atoms with Crippen LogP contribution in [0, 0.1) is 17.2 Å². The molecule has 1 heterocycles. The van der Waals surface area contributed by atoms with Gasteiger partial charge in [0.2, 0.25) is 0 Å². The van der Waals surface area contributed by atoms with Crippen LogP contribution in [0.25, 0.3) is 0 Å². The molecule has 2 aliphatic rings. The quantitative estimate of drug-likeness (QED) is 0.481. The smallest absolute Gasteiger partial charge is 0.0558 e. The molecule has 1 N–H and O–H groups in total. The molecule has 1 saturated carbocycles. The number of rotatable bonds is 1. The normalized spacial score (nSPS) is 40.8. The molecule has 0 saturated heterocycles. The van der Waals surface area contributed by atoms with Crippen molar-refractivity contribution in [2.75, 3.05) is 6.54 Å². The van der Waals surface area contributed by atoms with Gasteiger partial charge in [0, 0.05) is 18.7 Å². The van der Waals surface area contributed by atoms with Crippen molar-refractivity contribution in [3.63, 3.8) is 0 Å². The van der Waals surface area contributed by atoms with E-state index in [-0.39, 0.29) is 0 Å². The molecule has 1 fully saturated rings. The van der Waals surface area contributed by atoms with Gasteiger partial charge in [0.15, 0.2) is 0 Å². The zero-order valence-corrected chi connectivity index (χ0v) is 4.59. The largest absolute Gasteiger partial charge is 0.307 e. The lowest BCUT2D eigenvalue weighted by Gasteiger charge is -1.84. The van der Waals surface area contributed by atoms with Gasteiger partial charge in [-0.1, -0.05) is 0 Å². The van der Waals surface area contributed by atoms with E-state index in [1.54, 1.807) is 0 Å². The molecule has 42 valence electrons. The van der Waals surface area contributed by atoms with Crippen LogP contribution in [0.1, 0.15) is 6.42 Å². The van der Waals surface area contributed by atoms with Crippen LogP contribution in [0.5, 0.6) is 0 Å². The molecule has 2 nitrogen and oxygen atoms in total. The summed E-state index contributed by atoms with van der Waals surface area (Å²) in [6.07, 6.45) is 2.70. The van der Waals surface area contributed by atoms with Gasteiger partial charge in [-0.15, -0.1) is 0 Å². The van der Waals surface area contributed by atoms with Gasteiger partial charge in [0.25, 0.3) is 0 Å². The molecular weight excluding hydrogens is 100 g/mol. The average Bonchev–Trinajstić information content (AvgIpc) is 2.46. The summed E-state index contributed by atoms with van der Waals surface area (Å²) in [5.41, 5.74) is 1.04. The van der Waals surface area contributed by atoms with Crippen LogP contribution in [-0.4, -0.2) is 18.5 Å². The third kappa shape index (κ3) is 0.377. The Hall–Kier alpha value is -0.660. The summed E-state index contributed by atoms with van der Waals surface area (Å²) in [5.74, 6) is 1.54. The van der Waals surface area contributed by atoms with Gasteiger partial charge >= 0.3 is 0 Å². The van der Waals surface area contributed by atoms with Crippen molar-refractivity contribution in [1.82, 2.24) is 0 Å². The van der Waals surface area contributed by atoms with E-state index in [4.69, 9.17) is 5.41 Å². The summed E-state index contributed by atoms with van der Waals surface area (Å²) in [4.78, 5) is 4.16. The first-order valence-electron chi connectivity index (χ1n) is 2.96. The lowest BCUT2D eigenvalue weighted by atomic mass is 10.3. The second-order valence-electron chi connectivity index (χ2n) is 2.51. The molecule has 2 atom stereocenters. The summed E-state index contributed by atoms with van der Waals surface area (Å²) in [6.45, 7) is 0.995. The zero-order valence-electron chi connectivity index (χ0n) is 4.59. The molecule has 0 spiro atoms. The number of hydrogen-bond acceptors (Lipinski definition) is 2. The molecule has 1 aliphatic carbocycles. The summed E-state index contributed by atoms with van der Waals surface area (Å²) in [5, 5.41) is 6.90. The molecule has 8 heavy (non-hydrogen) atoms. The molecule has 0 radical (unpaired) electrons. The summed E-state index contributed by atoms with van der Waals surface area (Å²) in [7, 11) is 0.